The molecule has 0 aliphatic heterocycles. The molecule has 1 aromatic carbocycles. The highest BCUT2D eigenvalue weighted by Crippen LogP contribution is 2.19. The van der Waals surface area contributed by atoms with E-state index in [4.69, 9.17) is 11.6 Å². The highest BCUT2D eigenvalue weighted by atomic mass is 35.5. The van der Waals surface area contributed by atoms with Crippen LogP contribution in [0.15, 0.2) is 58.5 Å². The summed E-state index contributed by atoms with van der Waals surface area (Å²) in [6, 6.07) is 14.0. The maximum Gasteiger partial charge on any atom is 0.191 e. The smallest absolute Gasteiger partial charge is 0.191 e. The predicted molar refractivity (Wildman–Crippen MR) is 121 cm³/mol. The number of aromatic nitrogens is 3. The Kier molecular flexibility index (Phi) is 7.55. The van der Waals surface area contributed by atoms with E-state index in [-0.39, 0.29) is 0 Å². The molecule has 6 nitrogen and oxygen atoms in total. The van der Waals surface area contributed by atoms with Gasteiger partial charge in [-0.15, -0.1) is 11.8 Å². The second-order valence-electron chi connectivity index (χ2n) is 6.52. The van der Waals surface area contributed by atoms with Crippen LogP contribution in [0, 0.1) is 13.8 Å². The van der Waals surface area contributed by atoms with Crippen LogP contribution in [0.25, 0.3) is 5.82 Å². The van der Waals surface area contributed by atoms with Gasteiger partial charge in [0.2, 0.25) is 0 Å². The first-order valence-corrected chi connectivity index (χ1v) is 10.7. The third kappa shape index (κ3) is 6.24. The summed E-state index contributed by atoms with van der Waals surface area (Å²) in [5, 5.41) is 11.9. The Bertz CT molecular complexity index is 950. The average Bonchev–Trinajstić information content (AvgIpc) is 3.07. The first-order chi connectivity index (χ1) is 14.0. The molecule has 8 heteroatoms. The first-order valence-electron chi connectivity index (χ1n) is 9.36. The second kappa shape index (κ2) is 10.3. The van der Waals surface area contributed by atoms with Crippen LogP contribution in [0.5, 0.6) is 0 Å². The molecule has 0 saturated heterocycles. The van der Waals surface area contributed by atoms with Crippen molar-refractivity contribution in [2.75, 3.05) is 19.3 Å². The monoisotopic (exact) mass is 428 g/mol. The molecule has 0 fully saturated rings. The molecule has 0 saturated carbocycles. The lowest BCUT2D eigenvalue weighted by molar-refractivity contribution is 0.795. The fraction of sp³-hybridized carbons (Fsp3) is 0.286. The van der Waals surface area contributed by atoms with Gasteiger partial charge in [-0.1, -0.05) is 17.7 Å². The molecule has 0 aliphatic rings. The third-order valence-electron chi connectivity index (χ3n) is 4.20. The highest BCUT2D eigenvalue weighted by molar-refractivity contribution is 7.99. The number of hydrogen-bond acceptors (Lipinski definition) is 4. The summed E-state index contributed by atoms with van der Waals surface area (Å²) in [4.78, 5) is 10.0. The van der Waals surface area contributed by atoms with E-state index in [9.17, 15) is 0 Å². The number of aliphatic imine (C=N–C) groups is 1. The lowest BCUT2D eigenvalue weighted by Gasteiger charge is -2.12. The van der Waals surface area contributed by atoms with E-state index in [1.807, 2.05) is 61.1 Å². The number of nitrogens with one attached hydrogen (secondary N) is 2. The van der Waals surface area contributed by atoms with Crippen LogP contribution in [0.4, 0.5) is 0 Å². The fourth-order valence-electron chi connectivity index (χ4n) is 2.78. The molecule has 3 rings (SSSR count). The van der Waals surface area contributed by atoms with Crippen LogP contribution in [0.1, 0.15) is 17.0 Å². The van der Waals surface area contributed by atoms with Gasteiger partial charge in [-0.2, -0.15) is 5.10 Å². The molecule has 0 radical (unpaired) electrons. The maximum atomic E-state index is 5.91. The molecule has 2 N–H and O–H groups in total. The molecule has 0 spiro atoms. The Morgan fingerprint density at radius 3 is 2.55 bits per heavy atom. The SMILES string of the molecule is CN=C(NCCSc1ccc(Cl)cc1)NCc1ccc(-n2nc(C)cc2C)nc1. The Balaban J connectivity index is 1.44. The standard InChI is InChI=1S/C21H25ClN6S/c1-15-12-16(2)28(27-15)20-9-4-17(13-25-20)14-26-21(23-3)24-10-11-29-19-7-5-18(22)6-8-19/h4-9,12-13H,10-11,14H2,1-3H3,(H2,23,24,26). The summed E-state index contributed by atoms with van der Waals surface area (Å²) in [6.07, 6.45) is 1.86. The van der Waals surface area contributed by atoms with Crippen molar-refractivity contribution in [3.05, 3.63) is 70.6 Å². The maximum absolute atomic E-state index is 5.91. The Morgan fingerprint density at radius 1 is 1.14 bits per heavy atom. The second-order valence-corrected chi connectivity index (χ2v) is 8.12. The minimum atomic E-state index is 0.647. The topological polar surface area (TPSA) is 67.1 Å². The molecule has 0 amide bonds. The molecule has 0 atom stereocenters. The van der Waals surface area contributed by atoms with Gasteiger partial charge in [-0.25, -0.2) is 9.67 Å². The molecular weight excluding hydrogens is 404 g/mol. The van der Waals surface area contributed by atoms with E-state index in [0.29, 0.717) is 6.54 Å². The minimum Gasteiger partial charge on any atom is -0.356 e. The van der Waals surface area contributed by atoms with Crippen LogP contribution in [-0.4, -0.2) is 40.1 Å². The first kappa shape index (κ1) is 21.2. The van der Waals surface area contributed by atoms with Gasteiger partial charge in [0.05, 0.1) is 5.69 Å². The molecule has 29 heavy (non-hydrogen) atoms. The molecule has 2 aromatic heterocycles. The van der Waals surface area contributed by atoms with Crippen molar-refractivity contribution >= 4 is 29.3 Å². The lowest BCUT2D eigenvalue weighted by Crippen LogP contribution is -2.37. The summed E-state index contributed by atoms with van der Waals surface area (Å²) >= 11 is 7.69. The third-order valence-corrected chi connectivity index (χ3v) is 5.46. The zero-order chi connectivity index (χ0) is 20.6. The number of rotatable bonds is 7. The molecule has 0 unspecified atom stereocenters. The largest absolute Gasteiger partial charge is 0.356 e. The number of aryl methyl sites for hydroxylation is 2. The summed E-state index contributed by atoms with van der Waals surface area (Å²) < 4.78 is 1.85. The van der Waals surface area contributed by atoms with Crippen molar-refractivity contribution in [3.8, 4) is 5.82 Å². The van der Waals surface area contributed by atoms with E-state index in [1.165, 1.54) is 4.90 Å². The Hall–Kier alpha value is -2.51. The van der Waals surface area contributed by atoms with Crippen LogP contribution in [0.2, 0.25) is 5.02 Å². The van der Waals surface area contributed by atoms with E-state index < -0.39 is 0 Å². The van der Waals surface area contributed by atoms with Gasteiger partial charge in [0, 0.05) is 47.7 Å². The zero-order valence-corrected chi connectivity index (χ0v) is 18.4. The van der Waals surface area contributed by atoms with E-state index in [1.54, 1.807) is 18.8 Å². The van der Waals surface area contributed by atoms with Crippen LogP contribution >= 0.6 is 23.4 Å². The Labute approximate surface area is 180 Å². The quantitative estimate of drug-likeness (QED) is 0.258. The molecule has 2 heterocycles. The fourth-order valence-corrected chi connectivity index (χ4v) is 3.68. The van der Waals surface area contributed by atoms with Crippen molar-refractivity contribution in [3.63, 3.8) is 0 Å². The Morgan fingerprint density at radius 2 is 1.93 bits per heavy atom. The summed E-state index contributed by atoms with van der Waals surface area (Å²) in [5.41, 5.74) is 3.13. The van der Waals surface area contributed by atoms with E-state index in [0.717, 1.165) is 46.0 Å². The van der Waals surface area contributed by atoms with Gasteiger partial charge in [0.25, 0.3) is 0 Å². The normalized spacial score (nSPS) is 11.5. The van der Waals surface area contributed by atoms with Gasteiger partial charge >= 0.3 is 0 Å². The van der Waals surface area contributed by atoms with Crippen molar-refractivity contribution in [2.45, 2.75) is 25.3 Å². The molecular formula is C21H25ClN6S. The summed E-state index contributed by atoms with van der Waals surface area (Å²) in [7, 11) is 1.77. The molecule has 0 bridgehead atoms. The number of thioether (sulfide) groups is 1. The number of guanidine groups is 1. The number of nitrogens with zero attached hydrogens (tertiary/aromatic N) is 4. The lowest BCUT2D eigenvalue weighted by atomic mass is 10.3. The van der Waals surface area contributed by atoms with Gasteiger partial charge in [0.1, 0.15) is 0 Å². The van der Waals surface area contributed by atoms with Crippen molar-refractivity contribution in [1.82, 2.24) is 25.4 Å². The van der Waals surface area contributed by atoms with Crippen LogP contribution in [0.3, 0.4) is 0 Å². The highest BCUT2D eigenvalue weighted by Gasteiger charge is 2.05. The van der Waals surface area contributed by atoms with Crippen molar-refractivity contribution in [1.29, 1.82) is 0 Å². The number of halogens is 1. The predicted octanol–water partition coefficient (Wildman–Crippen LogP) is 3.99. The summed E-state index contributed by atoms with van der Waals surface area (Å²) in [5.74, 6) is 2.52. The number of benzene rings is 1. The van der Waals surface area contributed by atoms with Gasteiger partial charge in [-0.3, -0.25) is 4.99 Å². The minimum absolute atomic E-state index is 0.647. The molecule has 3 aromatic rings. The van der Waals surface area contributed by atoms with Gasteiger partial charge in [-0.05, 0) is 55.8 Å². The van der Waals surface area contributed by atoms with Gasteiger partial charge in [0.15, 0.2) is 11.8 Å². The van der Waals surface area contributed by atoms with E-state index >= 15 is 0 Å². The van der Waals surface area contributed by atoms with E-state index in [2.05, 4.69) is 31.8 Å². The molecule has 0 aliphatic carbocycles. The summed E-state index contributed by atoms with van der Waals surface area (Å²) in [6.45, 7) is 5.46. The van der Waals surface area contributed by atoms with Crippen LogP contribution in [-0.2, 0) is 6.54 Å². The van der Waals surface area contributed by atoms with Crippen LogP contribution < -0.4 is 10.6 Å². The zero-order valence-electron chi connectivity index (χ0n) is 16.8. The van der Waals surface area contributed by atoms with Gasteiger partial charge < -0.3 is 10.6 Å². The van der Waals surface area contributed by atoms with Crippen molar-refractivity contribution in [2.24, 2.45) is 4.99 Å². The number of pyridine rings is 1. The average molecular weight is 429 g/mol. The number of hydrogen-bond donors (Lipinski definition) is 2. The molecule has 152 valence electrons. The van der Waals surface area contributed by atoms with Crippen molar-refractivity contribution < 1.29 is 0 Å².